The number of alkyl halides is 1. The van der Waals surface area contributed by atoms with Gasteiger partial charge in [-0.05, 0) is 37.3 Å². The van der Waals surface area contributed by atoms with Crippen molar-refractivity contribution < 1.29 is 13.2 Å². The number of hydrogen-bond donors (Lipinski definition) is 0. The Morgan fingerprint density at radius 2 is 2.10 bits per heavy atom. The summed E-state index contributed by atoms with van der Waals surface area (Å²) in [4.78, 5) is 1.01. The second-order valence-electron chi connectivity index (χ2n) is 5.00. The molecule has 0 saturated carbocycles. The molecule has 0 aromatic carbocycles. The Morgan fingerprint density at radius 1 is 1.40 bits per heavy atom. The molecule has 0 N–H and O–H groups in total. The summed E-state index contributed by atoms with van der Waals surface area (Å²) in [6, 6.07) is 3.53. The Labute approximate surface area is 129 Å². The van der Waals surface area contributed by atoms with E-state index in [1.165, 1.54) is 15.6 Å². The van der Waals surface area contributed by atoms with Gasteiger partial charge >= 0.3 is 0 Å². The summed E-state index contributed by atoms with van der Waals surface area (Å²) < 4.78 is 32.2. The topological polar surface area (TPSA) is 46.6 Å². The second kappa shape index (κ2) is 7.22. The van der Waals surface area contributed by atoms with Crippen molar-refractivity contribution in [2.24, 2.45) is 5.92 Å². The lowest BCUT2D eigenvalue weighted by molar-refractivity contribution is 0.0620. The van der Waals surface area contributed by atoms with E-state index in [1.54, 1.807) is 13.1 Å². The molecule has 0 amide bonds. The van der Waals surface area contributed by atoms with E-state index in [9.17, 15) is 8.42 Å². The van der Waals surface area contributed by atoms with E-state index in [-0.39, 0.29) is 0 Å². The van der Waals surface area contributed by atoms with Gasteiger partial charge in [0, 0.05) is 37.6 Å². The molecule has 1 aromatic heterocycles. The lowest BCUT2D eigenvalue weighted by atomic mass is 10.0. The smallest absolute Gasteiger partial charge is 0.252 e. The van der Waals surface area contributed by atoms with Crippen molar-refractivity contribution in [3.63, 3.8) is 0 Å². The Kier molecular flexibility index (Phi) is 5.86. The number of ether oxygens (including phenoxy) is 1. The Morgan fingerprint density at radius 3 is 2.75 bits per heavy atom. The molecule has 114 valence electrons. The van der Waals surface area contributed by atoms with Gasteiger partial charge in [0.2, 0.25) is 0 Å². The van der Waals surface area contributed by atoms with Crippen molar-refractivity contribution in [1.82, 2.24) is 4.31 Å². The minimum atomic E-state index is -3.37. The summed E-state index contributed by atoms with van der Waals surface area (Å²) in [6.07, 6.45) is 2.58. The molecule has 0 radical (unpaired) electrons. The molecule has 1 aliphatic rings. The molecular formula is C13H20ClNO3S2. The highest BCUT2D eigenvalue weighted by Gasteiger charge is 2.26. The van der Waals surface area contributed by atoms with Crippen LogP contribution in [0.4, 0.5) is 0 Å². The third-order valence-electron chi connectivity index (χ3n) is 3.50. The summed E-state index contributed by atoms with van der Waals surface area (Å²) in [5.41, 5.74) is 0. The van der Waals surface area contributed by atoms with Crippen LogP contribution in [0.25, 0.3) is 0 Å². The minimum absolute atomic E-state index is 0.394. The maximum absolute atomic E-state index is 12.5. The van der Waals surface area contributed by atoms with Gasteiger partial charge in [-0.2, -0.15) is 4.31 Å². The summed E-state index contributed by atoms with van der Waals surface area (Å²) in [6.45, 7) is 2.03. The number of rotatable bonds is 6. The SMILES string of the molecule is CN(CC1CCOCC1)S(=O)(=O)c1ccc(CCCl)s1. The molecule has 1 fully saturated rings. The summed E-state index contributed by atoms with van der Waals surface area (Å²) >= 11 is 7.00. The van der Waals surface area contributed by atoms with E-state index in [0.29, 0.717) is 29.0 Å². The average molecular weight is 338 g/mol. The summed E-state index contributed by atoms with van der Waals surface area (Å²) in [5, 5.41) is 0. The molecule has 1 aromatic rings. The molecule has 0 unspecified atom stereocenters. The van der Waals surface area contributed by atoms with Crippen molar-refractivity contribution in [3.8, 4) is 0 Å². The monoisotopic (exact) mass is 337 g/mol. The highest BCUT2D eigenvalue weighted by atomic mass is 35.5. The van der Waals surface area contributed by atoms with Crippen molar-refractivity contribution >= 4 is 33.0 Å². The third kappa shape index (κ3) is 3.95. The zero-order chi connectivity index (χ0) is 14.6. The van der Waals surface area contributed by atoms with Crippen molar-refractivity contribution in [1.29, 1.82) is 0 Å². The van der Waals surface area contributed by atoms with Crippen LogP contribution in [0.15, 0.2) is 16.3 Å². The first-order valence-electron chi connectivity index (χ1n) is 6.73. The van der Waals surface area contributed by atoms with Crippen LogP contribution in [0.2, 0.25) is 0 Å². The van der Waals surface area contributed by atoms with Crippen LogP contribution in [-0.2, 0) is 21.2 Å². The Hall–Kier alpha value is -0.140. The van der Waals surface area contributed by atoms with Gasteiger partial charge in [-0.15, -0.1) is 22.9 Å². The van der Waals surface area contributed by atoms with Crippen LogP contribution in [-0.4, -0.2) is 45.4 Å². The van der Waals surface area contributed by atoms with E-state index < -0.39 is 10.0 Å². The molecule has 0 bridgehead atoms. The van der Waals surface area contributed by atoms with Crippen LogP contribution in [0.3, 0.4) is 0 Å². The van der Waals surface area contributed by atoms with Gasteiger partial charge in [0.25, 0.3) is 10.0 Å². The van der Waals surface area contributed by atoms with E-state index in [0.717, 1.165) is 30.9 Å². The molecule has 0 atom stereocenters. The normalized spacial score (nSPS) is 17.8. The Balaban J connectivity index is 2.03. The molecular weight excluding hydrogens is 318 g/mol. The van der Waals surface area contributed by atoms with Gasteiger partial charge in [0.05, 0.1) is 0 Å². The van der Waals surface area contributed by atoms with Gasteiger partial charge in [-0.3, -0.25) is 0 Å². The van der Waals surface area contributed by atoms with Crippen molar-refractivity contribution in [2.75, 3.05) is 32.7 Å². The lowest BCUT2D eigenvalue weighted by Crippen LogP contribution is -2.33. The second-order valence-corrected chi connectivity index (χ2v) is 8.82. The van der Waals surface area contributed by atoms with Crippen LogP contribution in [0, 0.1) is 5.92 Å². The van der Waals surface area contributed by atoms with Gasteiger partial charge in [-0.25, -0.2) is 8.42 Å². The zero-order valence-corrected chi connectivity index (χ0v) is 13.9. The van der Waals surface area contributed by atoms with E-state index in [2.05, 4.69) is 0 Å². The molecule has 7 heteroatoms. The van der Waals surface area contributed by atoms with Crippen LogP contribution < -0.4 is 0 Å². The molecule has 0 aliphatic carbocycles. The van der Waals surface area contributed by atoms with Crippen molar-refractivity contribution in [2.45, 2.75) is 23.5 Å². The number of nitrogens with zero attached hydrogens (tertiary/aromatic N) is 1. The van der Waals surface area contributed by atoms with Gasteiger partial charge in [0.1, 0.15) is 4.21 Å². The number of halogens is 1. The molecule has 20 heavy (non-hydrogen) atoms. The molecule has 4 nitrogen and oxygen atoms in total. The number of sulfonamides is 1. The maximum atomic E-state index is 12.5. The highest BCUT2D eigenvalue weighted by Crippen LogP contribution is 2.26. The first-order valence-corrected chi connectivity index (χ1v) is 9.52. The summed E-state index contributed by atoms with van der Waals surface area (Å²) in [5.74, 6) is 0.906. The molecule has 1 saturated heterocycles. The average Bonchev–Trinajstić information content (AvgIpc) is 2.89. The molecule has 2 rings (SSSR count). The molecule has 1 aliphatic heterocycles. The fourth-order valence-electron chi connectivity index (χ4n) is 2.27. The third-order valence-corrected chi connectivity index (χ3v) is 7.12. The quantitative estimate of drug-likeness (QED) is 0.749. The van der Waals surface area contributed by atoms with Crippen LogP contribution in [0.1, 0.15) is 17.7 Å². The first kappa shape index (κ1) is 16.2. The molecule has 0 spiro atoms. The standard InChI is InChI=1S/C13H20ClNO3S2/c1-15(10-11-5-8-18-9-6-11)20(16,17)13-3-2-12(19-13)4-7-14/h2-3,11H,4-10H2,1H3. The predicted octanol–water partition coefficient (Wildman–Crippen LogP) is 2.58. The van der Waals surface area contributed by atoms with E-state index >= 15 is 0 Å². The number of thiophene rings is 1. The Bertz CT molecular complexity index is 523. The van der Waals surface area contributed by atoms with E-state index in [1.807, 2.05) is 6.07 Å². The van der Waals surface area contributed by atoms with Crippen molar-refractivity contribution in [3.05, 3.63) is 17.0 Å². The van der Waals surface area contributed by atoms with Gasteiger partial charge in [-0.1, -0.05) is 0 Å². The summed E-state index contributed by atoms with van der Waals surface area (Å²) in [7, 11) is -1.71. The molecule has 2 heterocycles. The van der Waals surface area contributed by atoms with Gasteiger partial charge < -0.3 is 4.74 Å². The number of aryl methyl sites for hydroxylation is 1. The largest absolute Gasteiger partial charge is 0.381 e. The first-order chi connectivity index (χ1) is 9.54. The highest BCUT2D eigenvalue weighted by molar-refractivity contribution is 7.91. The fraction of sp³-hybridized carbons (Fsp3) is 0.692. The maximum Gasteiger partial charge on any atom is 0.252 e. The minimum Gasteiger partial charge on any atom is -0.381 e. The van der Waals surface area contributed by atoms with Gasteiger partial charge in [0.15, 0.2) is 0 Å². The fourth-order valence-corrected chi connectivity index (χ4v) is 5.40. The zero-order valence-electron chi connectivity index (χ0n) is 11.5. The van der Waals surface area contributed by atoms with E-state index in [4.69, 9.17) is 16.3 Å². The van der Waals surface area contributed by atoms with Crippen LogP contribution in [0.5, 0.6) is 0 Å². The van der Waals surface area contributed by atoms with Crippen LogP contribution >= 0.6 is 22.9 Å². The number of hydrogen-bond acceptors (Lipinski definition) is 4. The lowest BCUT2D eigenvalue weighted by Gasteiger charge is -2.26. The predicted molar refractivity (Wildman–Crippen MR) is 82.1 cm³/mol.